The van der Waals surface area contributed by atoms with E-state index in [1.165, 1.54) is 12.8 Å². The van der Waals surface area contributed by atoms with Gasteiger partial charge >= 0.3 is 0 Å². The number of hydrogen-bond donors (Lipinski definition) is 1. The van der Waals surface area contributed by atoms with Gasteiger partial charge in [0.25, 0.3) is 0 Å². The Kier molecular flexibility index (Phi) is 2.95. The Morgan fingerprint density at radius 3 is 2.80 bits per heavy atom. The molecule has 0 saturated heterocycles. The van der Waals surface area contributed by atoms with Crippen LogP contribution in [0.4, 0.5) is 5.82 Å². The van der Waals surface area contributed by atoms with Crippen LogP contribution in [-0.2, 0) is 0 Å². The van der Waals surface area contributed by atoms with Crippen LogP contribution in [0.25, 0.3) is 0 Å². The molecule has 1 N–H and O–H groups in total. The molecule has 0 aromatic carbocycles. The van der Waals surface area contributed by atoms with Crippen molar-refractivity contribution in [3.8, 4) is 0 Å². The number of rotatable bonds is 2. The predicted molar refractivity (Wildman–Crippen MR) is 67.4 cm³/mol. The number of nitrogens with zero attached hydrogens (tertiary/aromatic N) is 1. The van der Waals surface area contributed by atoms with E-state index in [1.54, 1.807) is 6.20 Å². The van der Waals surface area contributed by atoms with Crippen molar-refractivity contribution in [1.29, 1.82) is 0 Å². The summed E-state index contributed by atoms with van der Waals surface area (Å²) in [7, 11) is 0. The van der Waals surface area contributed by atoms with E-state index in [4.69, 9.17) is 11.6 Å². The Morgan fingerprint density at radius 1 is 1.60 bits per heavy atom. The number of halogens is 2. The highest BCUT2D eigenvalue weighted by Gasteiger charge is 2.38. The van der Waals surface area contributed by atoms with Gasteiger partial charge in [-0.2, -0.15) is 0 Å². The van der Waals surface area contributed by atoms with E-state index in [2.05, 4.69) is 40.1 Å². The van der Waals surface area contributed by atoms with Crippen molar-refractivity contribution in [3.05, 3.63) is 21.8 Å². The van der Waals surface area contributed by atoms with Gasteiger partial charge < -0.3 is 5.32 Å². The van der Waals surface area contributed by atoms with Crippen LogP contribution in [0.5, 0.6) is 0 Å². The van der Waals surface area contributed by atoms with Crippen molar-refractivity contribution in [2.75, 3.05) is 5.32 Å². The zero-order chi connectivity index (χ0) is 11.1. The smallest absolute Gasteiger partial charge is 0.140 e. The third-order valence-electron chi connectivity index (χ3n) is 3.14. The second-order valence-corrected chi connectivity index (χ2v) is 6.00. The second kappa shape index (κ2) is 3.95. The molecular weight excluding hydrogens is 275 g/mol. The Labute approximate surface area is 104 Å². The van der Waals surface area contributed by atoms with Gasteiger partial charge in [0.2, 0.25) is 0 Å². The fourth-order valence-corrected chi connectivity index (χ4v) is 2.57. The monoisotopic (exact) mass is 288 g/mol. The fourth-order valence-electron chi connectivity index (χ4n) is 1.82. The summed E-state index contributed by atoms with van der Waals surface area (Å²) in [5.74, 6) is 0.886. The lowest BCUT2D eigenvalue weighted by Crippen LogP contribution is -2.45. The van der Waals surface area contributed by atoms with Crippen LogP contribution >= 0.6 is 27.5 Å². The molecule has 1 aliphatic rings. The summed E-state index contributed by atoms with van der Waals surface area (Å²) in [4.78, 5) is 4.28. The van der Waals surface area contributed by atoms with E-state index in [1.807, 2.05) is 6.07 Å². The first kappa shape index (κ1) is 11.2. The van der Waals surface area contributed by atoms with Crippen LogP contribution < -0.4 is 5.32 Å². The van der Waals surface area contributed by atoms with Crippen LogP contribution in [0.15, 0.2) is 16.7 Å². The number of anilines is 1. The van der Waals surface area contributed by atoms with E-state index in [0.29, 0.717) is 16.5 Å². The van der Waals surface area contributed by atoms with Crippen molar-refractivity contribution < 1.29 is 0 Å². The van der Waals surface area contributed by atoms with Gasteiger partial charge in [0.1, 0.15) is 5.82 Å². The van der Waals surface area contributed by atoms with Gasteiger partial charge in [-0.25, -0.2) is 4.98 Å². The molecule has 1 saturated carbocycles. The van der Waals surface area contributed by atoms with E-state index in [9.17, 15) is 0 Å². The van der Waals surface area contributed by atoms with E-state index >= 15 is 0 Å². The van der Waals surface area contributed by atoms with Crippen molar-refractivity contribution >= 4 is 33.3 Å². The molecule has 82 valence electrons. The van der Waals surface area contributed by atoms with Crippen molar-refractivity contribution in [2.24, 2.45) is 5.41 Å². The predicted octanol–water partition coefficient (Wildman–Crippen LogP) is 4.10. The lowest BCUT2D eigenvalue weighted by atomic mass is 9.67. The quantitative estimate of drug-likeness (QED) is 0.886. The number of hydrogen-bond acceptors (Lipinski definition) is 2. The summed E-state index contributed by atoms with van der Waals surface area (Å²) in [6.07, 6.45) is 4.15. The van der Waals surface area contributed by atoms with Gasteiger partial charge in [0, 0.05) is 12.2 Å². The molecule has 1 heterocycles. The molecule has 0 amide bonds. The third kappa shape index (κ3) is 2.28. The SMILES string of the molecule is CC1(C)CCC1Nc1ncc(Cl)cc1Br. The van der Waals surface area contributed by atoms with Crippen LogP contribution in [0.1, 0.15) is 26.7 Å². The van der Waals surface area contributed by atoms with E-state index < -0.39 is 0 Å². The van der Waals surface area contributed by atoms with Gasteiger partial charge in [-0.3, -0.25) is 0 Å². The number of pyridine rings is 1. The maximum Gasteiger partial charge on any atom is 0.140 e. The zero-order valence-electron chi connectivity index (χ0n) is 8.85. The summed E-state index contributed by atoms with van der Waals surface area (Å²) in [5.41, 5.74) is 0.376. The van der Waals surface area contributed by atoms with Crippen LogP contribution in [0.3, 0.4) is 0 Å². The lowest BCUT2D eigenvalue weighted by Gasteiger charge is -2.45. The first-order chi connectivity index (χ1) is 6.99. The minimum Gasteiger partial charge on any atom is -0.366 e. The van der Waals surface area contributed by atoms with Crippen LogP contribution in [0.2, 0.25) is 5.02 Å². The molecule has 4 heteroatoms. The average molecular weight is 290 g/mol. The van der Waals surface area contributed by atoms with Crippen molar-refractivity contribution in [2.45, 2.75) is 32.7 Å². The highest BCUT2D eigenvalue weighted by atomic mass is 79.9. The highest BCUT2D eigenvalue weighted by molar-refractivity contribution is 9.10. The largest absolute Gasteiger partial charge is 0.366 e. The minimum absolute atomic E-state index is 0.376. The molecule has 0 radical (unpaired) electrons. The molecule has 1 aromatic rings. The summed E-state index contributed by atoms with van der Waals surface area (Å²) < 4.78 is 0.928. The van der Waals surface area contributed by atoms with Gasteiger partial charge in [-0.15, -0.1) is 0 Å². The second-order valence-electron chi connectivity index (χ2n) is 4.71. The van der Waals surface area contributed by atoms with Crippen molar-refractivity contribution in [3.63, 3.8) is 0 Å². The molecule has 2 nitrogen and oxygen atoms in total. The maximum absolute atomic E-state index is 5.84. The van der Waals surface area contributed by atoms with Gasteiger partial charge in [0.05, 0.1) is 9.50 Å². The Hall–Kier alpha value is -0.280. The molecule has 0 spiro atoms. The third-order valence-corrected chi connectivity index (χ3v) is 3.95. The Bertz CT molecular complexity index is 379. The van der Waals surface area contributed by atoms with Crippen molar-refractivity contribution in [1.82, 2.24) is 4.98 Å². The first-order valence-corrected chi connectivity index (χ1v) is 6.24. The summed E-state index contributed by atoms with van der Waals surface area (Å²) in [6, 6.07) is 2.38. The normalized spacial score (nSPS) is 23.3. The summed E-state index contributed by atoms with van der Waals surface area (Å²) >= 11 is 9.29. The van der Waals surface area contributed by atoms with Crippen LogP contribution in [0, 0.1) is 5.41 Å². The molecule has 15 heavy (non-hydrogen) atoms. The van der Waals surface area contributed by atoms with Gasteiger partial charge in [-0.1, -0.05) is 25.4 Å². The topological polar surface area (TPSA) is 24.9 Å². The zero-order valence-corrected chi connectivity index (χ0v) is 11.2. The van der Waals surface area contributed by atoms with Crippen LogP contribution in [-0.4, -0.2) is 11.0 Å². The molecule has 1 aromatic heterocycles. The molecule has 1 fully saturated rings. The minimum atomic E-state index is 0.376. The van der Waals surface area contributed by atoms with E-state index in [-0.39, 0.29) is 0 Å². The molecule has 0 bridgehead atoms. The molecule has 1 atom stereocenters. The summed E-state index contributed by atoms with van der Waals surface area (Å²) in [5, 5.41) is 4.10. The Morgan fingerprint density at radius 2 is 2.33 bits per heavy atom. The summed E-state index contributed by atoms with van der Waals surface area (Å²) in [6.45, 7) is 4.55. The highest BCUT2D eigenvalue weighted by Crippen LogP contribution is 2.42. The number of nitrogens with one attached hydrogen (secondary N) is 1. The Balaban J connectivity index is 2.11. The van der Waals surface area contributed by atoms with Gasteiger partial charge in [-0.05, 0) is 40.3 Å². The molecular formula is C11H14BrClN2. The molecule has 2 rings (SSSR count). The maximum atomic E-state index is 5.84. The van der Waals surface area contributed by atoms with Gasteiger partial charge in [0.15, 0.2) is 0 Å². The molecule has 1 aliphatic carbocycles. The number of aromatic nitrogens is 1. The first-order valence-electron chi connectivity index (χ1n) is 5.06. The molecule has 0 aliphatic heterocycles. The molecule has 1 unspecified atom stereocenters. The standard InChI is InChI=1S/C11H14BrClN2/c1-11(2)4-3-9(11)15-10-8(12)5-7(13)6-14-10/h5-6,9H,3-4H2,1-2H3,(H,14,15). The van der Waals surface area contributed by atoms with E-state index in [0.717, 1.165) is 10.3 Å². The average Bonchev–Trinajstić information content (AvgIpc) is 2.15. The fraction of sp³-hybridized carbons (Fsp3) is 0.545. The lowest BCUT2D eigenvalue weighted by molar-refractivity contribution is 0.159.